The van der Waals surface area contributed by atoms with Gasteiger partial charge in [0.25, 0.3) is 0 Å². The van der Waals surface area contributed by atoms with Gasteiger partial charge in [-0.15, -0.1) is 0 Å². The Kier molecular flexibility index (Phi) is 5.60. The Morgan fingerprint density at radius 1 is 1.50 bits per heavy atom. The molecule has 0 amide bonds. The monoisotopic (exact) mass is 214 g/mol. The summed E-state index contributed by atoms with van der Waals surface area (Å²) in [6.45, 7) is 6.25. The third kappa shape index (κ3) is 6.46. The molecule has 0 aromatic carbocycles. The van der Waals surface area contributed by atoms with Crippen molar-refractivity contribution in [2.24, 2.45) is 0 Å². The molecule has 0 bridgehead atoms. The van der Waals surface area contributed by atoms with E-state index in [1.807, 2.05) is 11.8 Å². The molecule has 1 aliphatic carbocycles. The van der Waals surface area contributed by atoms with Gasteiger partial charge in [0.05, 0.1) is 0 Å². The number of nitrogens with zero attached hydrogens (tertiary/aromatic N) is 1. The average Bonchev–Trinajstić information content (AvgIpc) is 2.92. The van der Waals surface area contributed by atoms with Gasteiger partial charge in [0.1, 0.15) is 0 Å². The molecule has 0 heterocycles. The van der Waals surface area contributed by atoms with Crippen LogP contribution in [0.3, 0.4) is 0 Å². The van der Waals surface area contributed by atoms with Crippen LogP contribution in [0.2, 0.25) is 0 Å². The Hall–Kier alpha value is 0.01000. The number of nitrogens with one attached hydrogen (secondary N) is 1. The second-order valence-corrected chi connectivity index (χ2v) is 5.37. The van der Waals surface area contributed by atoms with Gasteiger partial charge in [-0.2, -0.15) is 11.8 Å². The summed E-state index contributed by atoms with van der Waals surface area (Å²) in [5.74, 6) is 2.31. The fourth-order valence-corrected chi connectivity index (χ4v) is 2.12. The maximum atomic E-state index is 4.07. The molecule has 1 rings (SSSR count). The number of hydrogen-bond donors (Lipinski definition) is 1. The highest BCUT2D eigenvalue weighted by Gasteiger charge is 2.19. The Morgan fingerprint density at radius 3 is 2.79 bits per heavy atom. The predicted molar refractivity (Wildman–Crippen MR) is 66.0 cm³/mol. The van der Waals surface area contributed by atoms with Crippen molar-refractivity contribution in [3.8, 4) is 0 Å². The first kappa shape index (κ1) is 12.1. The van der Waals surface area contributed by atoms with E-state index in [0.29, 0.717) is 0 Å². The molecule has 0 aromatic heterocycles. The molecule has 0 aliphatic heterocycles. The van der Waals surface area contributed by atoms with Crippen molar-refractivity contribution < 1.29 is 0 Å². The average molecular weight is 214 g/mol. The van der Waals surface area contributed by atoms with E-state index in [1.165, 1.54) is 24.2 Å². The van der Waals surface area contributed by atoms with Crippen molar-refractivity contribution >= 4 is 11.8 Å². The van der Waals surface area contributed by atoms with Crippen LogP contribution in [0, 0.1) is 0 Å². The molecule has 1 fully saturated rings. The minimum absolute atomic E-state index is 0.804. The van der Waals surface area contributed by atoms with E-state index >= 15 is 0 Å². The smallest absolute Gasteiger partial charge is 0.0172 e. The van der Waals surface area contributed by atoms with Crippen molar-refractivity contribution in [3.05, 3.63) is 12.2 Å². The molecular weight excluding hydrogens is 192 g/mol. The van der Waals surface area contributed by atoms with Gasteiger partial charge in [0, 0.05) is 30.6 Å². The standard InChI is InChI=1S/C11H22N2S/c1-10(8-12-11-4-5-11)9-14-7-6-13(2)3/h11-12H,1,4-9H2,2-3H3. The molecule has 3 heteroatoms. The lowest BCUT2D eigenvalue weighted by Gasteiger charge is -2.10. The molecule has 1 aliphatic rings. The van der Waals surface area contributed by atoms with Crippen LogP contribution in [0.15, 0.2) is 12.2 Å². The molecule has 1 saturated carbocycles. The SMILES string of the molecule is C=C(CNC1CC1)CSCCN(C)C. The third-order valence-corrected chi connectivity index (χ3v) is 3.29. The quantitative estimate of drug-likeness (QED) is 0.488. The maximum Gasteiger partial charge on any atom is 0.0172 e. The maximum absolute atomic E-state index is 4.07. The summed E-state index contributed by atoms with van der Waals surface area (Å²) in [5.41, 5.74) is 1.33. The van der Waals surface area contributed by atoms with Crippen LogP contribution >= 0.6 is 11.8 Å². The van der Waals surface area contributed by atoms with E-state index in [9.17, 15) is 0 Å². The fourth-order valence-electron chi connectivity index (χ4n) is 1.09. The molecule has 0 unspecified atom stereocenters. The minimum atomic E-state index is 0.804. The second kappa shape index (κ2) is 6.49. The topological polar surface area (TPSA) is 15.3 Å². The zero-order chi connectivity index (χ0) is 10.4. The Bertz CT molecular complexity index is 176. The lowest BCUT2D eigenvalue weighted by molar-refractivity contribution is 0.437. The largest absolute Gasteiger partial charge is 0.310 e. The first-order valence-corrected chi connectivity index (χ1v) is 6.46. The zero-order valence-electron chi connectivity index (χ0n) is 9.38. The Labute approximate surface area is 92.1 Å². The van der Waals surface area contributed by atoms with Gasteiger partial charge in [0.2, 0.25) is 0 Å². The van der Waals surface area contributed by atoms with E-state index in [0.717, 1.165) is 24.9 Å². The van der Waals surface area contributed by atoms with Crippen LogP contribution in [-0.2, 0) is 0 Å². The van der Waals surface area contributed by atoms with Crippen molar-refractivity contribution in [1.29, 1.82) is 0 Å². The highest BCUT2D eigenvalue weighted by atomic mass is 32.2. The number of rotatable bonds is 8. The van der Waals surface area contributed by atoms with Gasteiger partial charge in [-0.3, -0.25) is 0 Å². The summed E-state index contributed by atoms with van der Waals surface area (Å²) in [4.78, 5) is 2.22. The molecule has 2 nitrogen and oxygen atoms in total. The summed E-state index contributed by atoms with van der Waals surface area (Å²) in [7, 11) is 4.23. The molecule has 82 valence electrons. The lowest BCUT2D eigenvalue weighted by atomic mass is 10.3. The van der Waals surface area contributed by atoms with Crippen LogP contribution in [0.5, 0.6) is 0 Å². The number of hydrogen-bond acceptors (Lipinski definition) is 3. The summed E-state index contributed by atoms with van der Waals surface area (Å²) >= 11 is 1.98. The summed E-state index contributed by atoms with van der Waals surface area (Å²) in [6, 6.07) is 0.804. The second-order valence-electron chi connectivity index (χ2n) is 4.26. The first-order chi connectivity index (χ1) is 6.68. The van der Waals surface area contributed by atoms with Gasteiger partial charge in [0.15, 0.2) is 0 Å². The molecule has 0 radical (unpaired) electrons. The van der Waals surface area contributed by atoms with E-state index in [-0.39, 0.29) is 0 Å². The number of thioether (sulfide) groups is 1. The van der Waals surface area contributed by atoms with Crippen LogP contribution in [-0.4, -0.2) is 49.6 Å². The molecular formula is C11H22N2S. The van der Waals surface area contributed by atoms with Gasteiger partial charge < -0.3 is 10.2 Å². The predicted octanol–water partition coefficient (Wildman–Crippen LogP) is 1.59. The highest BCUT2D eigenvalue weighted by molar-refractivity contribution is 7.99. The normalized spacial score (nSPS) is 16.2. The molecule has 1 N–H and O–H groups in total. The highest BCUT2D eigenvalue weighted by Crippen LogP contribution is 2.18. The van der Waals surface area contributed by atoms with Crippen molar-refractivity contribution in [2.45, 2.75) is 18.9 Å². The first-order valence-electron chi connectivity index (χ1n) is 5.31. The zero-order valence-corrected chi connectivity index (χ0v) is 10.2. The molecule has 0 atom stereocenters. The fraction of sp³-hybridized carbons (Fsp3) is 0.818. The summed E-state index contributed by atoms with van der Waals surface area (Å²) in [6.07, 6.45) is 2.72. The van der Waals surface area contributed by atoms with Gasteiger partial charge in [-0.25, -0.2) is 0 Å². The van der Waals surface area contributed by atoms with Gasteiger partial charge in [-0.05, 0) is 26.9 Å². The van der Waals surface area contributed by atoms with Crippen LogP contribution in [0.25, 0.3) is 0 Å². The van der Waals surface area contributed by atoms with E-state index in [1.54, 1.807) is 0 Å². The molecule has 0 saturated heterocycles. The van der Waals surface area contributed by atoms with E-state index in [4.69, 9.17) is 0 Å². The van der Waals surface area contributed by atoms with E-state index < -0.39 is 0 Å². The molecule has 14 heavy (non-hydrogen) atoms. The minimum Gasteiger partial charge on any atom is -0.310 e. The molecule has 0 spiro atoms. The lowest BCUT2D eigenvalue weighted by Crippen LogP contribution is -2.20. The van der Waals surface area contributed by atoms with Crippen LogP contribution < -0.4 is 5.32 Å². The van der Waals surface area contributed by atoms with Crippen LogP contribution in [0.4, 0.5) is 0 Å². The van der Waals surface area contributed by atoms with Crippen molar-refractivity contribution in [1.82, 2.24) is 10.2 Å². The Balaban J connectivity index is 1.86. The van der Waals surface area contributed by atoms with Crippen molar-refractivity contribution in [2.75, 3.05) is 38.7 Å². The van der Waals surface area contributed by atoms with Gasteiger partial charge >= 0.3 is 0 Å². The van der Waals surface area contributed by atoms with Crippen molar-refractivity contribution in [3.63, 3.8) is 0 Å². The summed E-state index contributed by atoms with van der Waals surface area (Å²) in [5, 5.41) is 3.48. The third-order valence-electron chi connectivity index (χ3n) is 2.21. The molecule has 0 aromatic rings. The van der Waals surface area contributed by atoms with E-state index in [2.05, 4.69) is 30.9 Å². The van der Waals surface area contributed by atoms with Crippen LogP contribution in [0.1, 0.15) is 12.8 Å². The Morgan fingerprint density at radius 2 is 2.21 bits per heavy atom. The summed E-state index contributed by atoms with van der Waals surface area (Å²) < 4.78 is 0. The van der Waals surface area contributed by atoms with Gasteiger partial charge in [-0.1, -0.05) is 12.2 Å².